The zero-order valence-corrected chi connectivity index (χ0v) is 19.7. The average Bonchev–Trinajstić information content (AvgIpc) is 3.63. The first kappa shape index (κ1) is 21.7. The van der Waals surface area contributed by atoms with Gasteiger partial charge in [0.2, 0.25) is 5.82 Å². The molecule has 0 radical (unpaired) electrons. The molecule has 0 bridgehead atoms. The van der Waals surface area contributed by atoms with Gasteiger partial charge in [0.05, 0.1) is 24.5 Å². The van der Waals surface area contributed by atoms with Gasteiger partial charge in [0.15, 0.2) is 17.1 Å². The summed E-state index contributed by atoms with van der Waals surface area (Å²) in [5, 5.41) is 21.4. The second kappa shape index (κ2) is 9.10. The minimum Gasteiger partial charge on any atom is -0.491 e. The summed E-state index contributed by atoms with van der Waals surface area (Å²) in [6, 6.07) is 17.8. The molecule has 36 heavy (non-hydrogen) atoms. The number of methoxy groups -OCH3 is 1. The number of rotatable bonds is 8. The van der Waals surface area contributed by atoms with E-state index in [1.54, 1.807) is 30.0 Å². The van der Waals surface area contributed by atoms with Gasteiger partial charge in [-0.25, -0.2) is 4.98 Å². The van der Waals surface area contributed by atoms with Crippen molar-refractivity contribution in [3.8, 4) is 23.1 Å². The number of fused-ring (bicyclic) bond motifs is 2. The van der Waals surface area contributed by atoms with Crippen LogP contribution in [0.25, 0.3) is 28.2 Å². The van der Waals surface area contributed by atoms with Crippen molar-refractivity contribution in [3.05, 3.63) is 77.8 Å². The Balaban J connectivity index is 1.22. The zero-order valence-electron chi connectivity index (χ0n) is 19.7. The molecular formula is C25H22N8O3. The number of benzene rings is 1. The van der Waals surface area contributed by atoms with Crippen molar-refractivity contribution >= 4 is 16.7 Å². The van der Waals surface area contributed by atoms with E-state index < -0.39 is 0 Å². The first-order valence-electron chi connectivity index (χ1n) is 11.4. The molecule has 0 amide bonds. The maximum Gasteiger partial charge on any atom is 0.275 e. The summed E-state index contributed by atoms with van der Waals surface area (Å²) < 4.78 is 20.1. The van der Waals surface area contributed by atoms with Gasteiger partial charge in [-0.1, -0.05) is 35.5 Å². The van der Waals surface area contributed by atoms with Gasteiger partial charge in [-0.2, -0.15) is 9.61 Å². The van der Waals surface area contributed by atoms with Crippen LogP contribution in [0.1, 0.15) is 17.0 Å². The van der Waals surface area contributed by atoms with E-state index in [1.807, 2.05) is 41.9 Å². The van der Waals surface area contributed by atoms with E-state index in [1.165, 1.54) is 5.56 Å². The number of aryl methyl sites for hydroxylation is 3. The summed E-state index contributed by atoms with van der Waals surface area (Å²) in [6.07, 6.45) is 2.67. The van der Waals surface area contributed by atoms with Crippen molar-refractivity contribution in [3.63, 3.8) is 0 Å². The minimum absolute atomic E-state index is 0.195. The average molecular weight is 483 g/mol. The van der Waals surface area contributed by atoms with Crippen LogP contribution < -0.4 is 9.47 Å². The molecule has 6 aromatic rings. The van der Waals surface area contributed by atoms with Gasteiger partial charge >= 0.3 is 0 Å². The molecule has 0 aliphatic carbocycles. The van der Waals surface area contributed by atoms with Crippen LogP contribution in [0.4, 0.5) is 0 Å². The normalized spacial score (nSPS) is 11.4. The van der Waals surface area contributed by atoms with Crippen molar-refractivity contribution in [1.29, 1.82) is 0 Å². The fourth-order valence-corrected chi connectivity index (χ4v) is 3.97. The van der Waals surface area contributed by atoms with E-state index >= 15 is 0 Å². The van der Waals surface area contributed by atoms with Crippen molar-refractivity contribution in [2.45, 2.75) is 26.5 Å². The van der Waals surface area contributed by atoms with Crippen LogP contribution in [-0.2, 0) is 19.6 Å². The van der Waals surface area contributed by atoms with Gasteiger partial charge in [0.1, 0.15) is 17.9 Å². The van der Waals surface area contributed by atoms with Crippen LogP contribution >= 0.6 is 0 Å². The van der Waals surface area contributed by atoms with Gasteiger partial charge in [0.25, 0.3) is 5.88 Å². The van der Waals surface area contributed by atoms with Crippen LogP contribution in [0, 0.1) is 6.92 Å². The highest BCUT2D eigenvalue weighted by Gasteiger charge is 2.18. The number of hydrogen-bond donors (Lipinski definition) is 0. The zero-order chi connectivity index (χ0) is 24.5. The fraction of sp³-hybridized carbons (Fsp3) is 0.200. The Kier molecular flexibility index (Phi) is 5.49. The van der Waals surface area contributed by atoms with Crippen molar-refractivity contribution in [2.75, 3.05) is 7.11 Å². The maximum atomic E-state index is 6.00. The number of hydrogen-bond acceptors (Lipinski definition) is 9. The van der Waals surface area contributed by atoms with Gasteiger partial charge in [0, 0.05) is 18.7 Å². The van der Waals surface area contributed by atoms with Crippen LogP contribution in [0.2, 0.25) is 0 Å². The molecule has 5 aromatic heterocycles. The molecule has 0 fully saturated rings. The molecule has 11 nitrogen and oxygen atoms in total. The van der Waals surface area contributed by atoms with Crippen LogP contribution in [-0.4, -0.2) is 46.8 Å². The Hall–Kier alpha value is -4.80. The summed E-state index contributed by atoms with van der Waals surface area (Å²) >= 11 is 0. The molecule has 0 saturated carbocycles. The highest BCUT2D eigenvalue weighted by molar-refractivity contribution is 5.74. The number of nitrogens with zero attached hydrogens (tertiary/aromatic N) is 8. The molecule has 0 aliphatic heterocycles. The number of pyridine rings is 1. The Bertz CT molecular complexity index is 1650. The fourth-order valence-electron chi connectivity index (χ4n) is 3.97. The Morgan fingerprint density at radius 1 is 1.03 bits per heavy atom. The maximum absolute atomic E-state index is 6.00. The molecule has 0 aliphatic rings. The molecule has 0 unspecified atom stereocenters. The quantitative estimate of drug-likeness (QED) is 0.320. The van der Waals surface area contributed by atoms with Crippen molar-refractivity contribution in [1.82, 2.24) is 39.7 Å². The summed E-state index contributed by atoms with van der Waals surface area (Å²) in [7, 11) is 1.55. The summed E-state index contributed by atoms with van der Waals surface area (Å²) in [4.78, 5) is 4.71. The lowest BCUT2D eigenvalue weighted by atomic mass is 10.1. The number of ether oxygens (including phenoxy) is 2. The molecule has 0 spiro atoms. The second-order valence-corrected chi connectivity index (χ2v) is 8.23. The summed E-state index contributed by atoms with van der Waals surface area (Å²) in [5.41, 5.74) is 4.82. The predicted molar refractivity (Wildman–Crippen MR) is 130 cm³/mol. The lowest BCUT2D eigenvalue weighted by Gasteiger charge is -2.10. The Morgan fingerprint density at radius 3 is 2.72 bits per heavy atom. The smallest absolute Gasteiger partial charge is 0.275 e. The second-order valence-electron chi connectivity index (χ2n) is 8.23. The van der Waals surface area contributed by atoms with Crippen molar-refractivity contribution in [2.24, 2.45) is 0 Å². The van der Waals surface area contributed by atoms with Gasteiger partial charge in [-0.05, 0) is 31.0 Å². The summed E-state index contributed by atoms with van der Waals surface area (Å²) in [5.74, 6) is 1.83. The number of aromatic nitrogens is 8. The molecule has 0 N–H and O–H groups in total. The van der Waals surface area contributed by atoms with Gasteiger partial charge in [-0.15, -0.1) is 15.3 Å². The Morgan fingerprint density at radius 2 is 1.92 bits per heavy atom. The molecule has 11 heteroatoms. The highest BCUT2D eigenvalue weighted by atomic mass is 16.5. The highest BCUT2D eigenvalue weighted by Crippen LogP contribution is 2.28. The third kappa shape index (κ3) is 4.11. The van der Waals surface area contributed by atoms with Gasteiger partial charge < -0.3 is 14.0 Å². The van der Waals surface area contributed by atoms with Crippen molar-refractivity contribution < 1.29 is 14.0 Å². The first-order valence-corrected chi connectivity index (χ1v) is 11.4. The third-order valence-electron chi connectivity index (χ3n) is 5.77. The molecule has 1 aromatic carbocycles. The van der Waals surface area contributed by atoms with E-state index in [-0.39, 0.29) is 12.5 Å². The lowest BCUT2D eigenvalue weighted by molar-refractivity contribution is 0.264. The van der Waals surface area contributed by atoms with Crippen LogP contribution in [0.5, 0.6) is 11.6 Å². The molecule has 5 heterocycles. The van der Waals surface area contributed by atoms with Crippen LogP contribution in [0.3, 0.4) is 0 Å². The molecule has 0 saturated heterocycles. The largest absolute Gasteiger partial charge is 0.491 e. The van der Waals surface area contributed by atoms with E-state index in [2.05, 4.69) is 37.7 Å². The predicted octanol–water partition coefficient (Wildman–Crippen LogP) is 3.66. The third-order valence-corrected chi connectivity index (χ3v) is 5.77. The summed E-state index contributed by atoms with van der Waals surface area (Å²) in [6.45, 7) is 2.78. The van der Waals surface area contributed by atoms with E-state index in [0.717, 1.165) is 29.7 Å². The molecule has 6 rings (SSSR count). The monoisotopic (exact) mass is 482 g/mol. The molecule has 0 atom stereocenters. The Labute approximate surface area is 205 Å². The topological polar surface area (TPSA) is 118 Å². The first-order chi connectivity index (χ1) is 17.7. The SMILES string of the molecule is COc1cc2nnc(-c3cc(C)on3)n2nc1OCc1ccc2c(cnn2CCc2ccccc2)n1. The molecule has 180 valence electrons. The molecular weight excluding hydrogens is 460 g/mol. The van der Waals surface area contributed by atoms with Gasteiger partial charge in [-0.3, -0.25) is 4.68 Å². The van der Waals surface area contributed by atoms with Crippen LogP contribution in [0.15, 0.2) is 65.3 Å². The standard InChI is InChI=1S/C25H22N8O3/c1-16-12-19(31-36-16)24-29-28-23-13-22(34-2)25(30-33(23)24)35-15-18-8-9-21-20(27-18)14-26-32(21)11-10-17-6-4-3-5-7-17/h3-9,12-14H,10-11,15H2,1-2H3. The minimum atomic E-state index is 0.195. The van der Waals surface area contributed by atoms with E-state index in [9.17, 15) is 0 Å². The van der Waals surface area contributed by atoms with E-state index in [0.29, 0.717) is 28.7 Å². The lowest BCUT2D eigenvalue weighted by Crippen LogP contribution is -2.06. The van der Waals surface area contributed by atoms with E-state index in [4.69, 9.17) is 19.0 Å².